The topological polar surface area (TPSA) is 82.3 Å². The molecule has 0 bridgehead atoms. The van der Waals surface area contributed by atoms with Crippen molar-refractivity contribution in [3.63, 3.8) is 0 Å². The largest absolute Gasteiger partial charge is 2.00 e. The summed E-state index contributed by atoms with van der Waals surface area (Å²) in [7, 11) is -6.40. The van der Waals surface area contributed by atoms with E-state index in [0.717, 1.165) is 65.1 Å². The fraction of sp³-hybridized carbons (Fsp3) is 0. The molecule has 0 aliphatic carbocycles. The summed E-state index contributed by atoms with van der Waals surface area (Å²) in [5, 5.41) is 28.8. The molecule has 0 aliphatic heterocycles. The number of benzene rings is 8. The first-order valence-corrected chi connectivity index (χ1v) is 26.8. The predicted molar refractivity (Wildman–Crippen MR) is 281 cm³/mol. The number of hydrogen-bond donors (Lipinski definition) is 0. The molecule has 12 rings (SSSR count). The van der Waals surface area contributed by atoms with Gasteiger partial charge in [0, 0.05) is 12.4 Å². The van der Waals surface area contributed by atoms with Crippen molar-refractivity contribution < 1.29 is 41.5 Å². The fourth-order valence-corrected chi connectivity index (χ4v) is 19.2. The minimum atomic E-state index is -3.20. The minimum absolute atomic E-state index is 0. The first-order chi connectivity index (χ1) is 34.2. The Morgan fingerprint density at radius 2 is 0.718 bits per heavy atom. The number of fused-ring (bicyclic) bond motifs is 3. The van der Waals surface area contributed by atoms with E-state index in [0.29, 0.717) is 5.95 Å². The summed E-state index contributed by atoms with van der Waals surface area (Å²) in [6.07, 6.45) is 5.02. The second-order valence-electron chi connectivity index (χ2n) is 16.8. The van der Waals surface area contributed by atoms with Crippen LogP contribution >= 0.6 is 0 Å². The van der Waals surface area contributed by atoms with Crippen molar-refractivity contribution in [2.75, 3.05) is 0 Å². The van der Waals surface area contributed by atoms with Gasteiger partial charge in [-0.1, -0.05) is 157 Å². The van der Waals surface area contributed by atoms with Gasteiger partial charge in [-0.05, 0) is 44.3 Å². The molecule has 7 nitrogen and oxygen atoms in total. The molecule has 0 aliphatic rings. The van der Waals surface area contributed by atoms with E-state index < -0.39 is 16.1 Å². The van der Waals surface area contributed by atoms with Crippen LogP contribution in [-0.4, -0.2) is 51.1 Å². The summed E-state index contributed by atoms with van der Waals surface area (Å²) >= 11 is 0. The zero-order valence-electron chi connectivity index (χ0n) is 37.8. The standard InChI is InChI=1S/C60H39N7Si2.Pd.Pt/c1-5-21-46(22-6-1)68(47-23-7-2-8-24-47,50-29-17-19-44(39-50)56-31-13-15-37-61-56)52-33-35-54-55-36-34-53(42-59(55)67(58(54)41-52)60-65-63-43-64-66-60)69(48-25-9-3-10-26-48,49-27-11-4-12-28-49)51-30-18-20-45(40-51)57-32-14-16-38-62-57;;/h1-38,43H;;/q-4;2*+2. The van der Waals surface area contributed by atoms with E-state index in [-0.39, 0.29) is 41.5 Å². The molecule has 71 heavy (non-hydrogen) atoms. The Morgan fingerprint density at radius 3 is 1.08 bits per heavy atom. The maximum atomic E-state index is 4.74. The van der Waals surface area contributed by atoms with Crippen molar-refractivity contribution >= 4 is 79.4 Å². The normalized spacial score (nSPS) is 11.4. The number of pyridine rings is 2. The number of aromatic nitrogens is 7. The van der Waals surface area contributed by atoms with Crippen LogP contribution in [0.3, 0.4) is 0 Å². The first-order valence-electron chi connectivity index (χ1n) is 22.8. The van der Waals surface area contributed by atoms with Gasteiger partial charge in [0.15, 0.2) is 6.33 Å². The first kappa shape index (κ1) is 47.3. The second-order valence-corrected chi connectivity index (χ2v) is 24.3. The molecule has 0 atom stereocenters. The quantitative estimate of drug-likeness (QED) is 0.0844. The molecule has 0 amide bonds. The van der Waals surface area contributed by atoms with Gasteiger partial charge in [0.05, 0.1) is 0 Å². The molecule has 12 aromatic rings. The van der Waals surface area contributed by atoms with Gasteiger partial charge in [0.2, 0.25) is 0 Å². The summed E-state index contributed by atoms with van der Waals surface area (Å²) < 4.78 is 2.05. The Morgan fingerprint density at radius 1 is 0.352 bits per heavy atom. The van der Waals surface area contributed by atoms with Crippen LogP contribution in [0.2, 0.25) is 0 Å². The number of rotatable bonds is 11. The van der Waals surface area contributed by atoms with Crippen LogP contribution in [0.4, 0.5) is 0 Å². The molecule has 0 radical (unpaired) electrons. The zero-order chi connectivity index (χ0) is 46.0. The average molecular weight is 1220 g/mol. The monoisotopic (exact) mass is 1210 g/mol. The zero-order valence-corrected chi connectivity index (χ0v) is 43.6. The van der Waals surface area contributed by atoms with E-state index in [4.69, 9.17) is 9.97 Å². The van der Waals surface area contributed by atoms with Crippen LogP contribution in [-0.2, 0) is 41.5 Å². The Hall–Kier alpha value is -7.42. The average Bonchev–Trinajstić information content (AvgIpc) is 3.76. The van der Waals surface area contributed by atoms with Crippen molar-refractivity contribution in [1.29, 1.82) is 0 Å². The summed E-state index contributed by atoms with van der Waals surface area (Å²) in [5.74, 6) is 0.324. The second kappa shape index (κ2) is 20.5. The van der Waals surface area contributed by atoms with E-state index in [2.05, 4.69) is 227 Å². The van der Waals surface area contributed by atoms with Gasteiger partial charge in [0.25, 0.3) is 5.95 Å². The van der Waals surface area contributed by atoms with Gasteiger partial charge in [0.1, 0.15) is 16.1 Å². The molecular formula is C60H39N7PdPtSi2. The van der Waals surface area contributed by atoms with Crippen LogP contribution in [0.15, 0.2) is 237 Å². The Balaban J connectivity index is 0.00000291. The van der Waals surface area contributed by atoms with Crippen LogP contribution in [0.1, 0.15) is 0 Å². The summed E-state index contributed by atoms with van der Waals surface area (Å²) in [4.78, 5) is 9.49. The Labute approximate surface area is 442 Å². The van der Waals surface area contributed by atoms with Crippen molar-refractivity contribution in [2.24, 2.45) is 0 Å². The van der Waals surface area contributed by atoms with E-state index in [1.54, 1.807) is 0 Å². The SMILES string of the molecule is [Pd+2].[Pt+2].[c-]1c(-c2ccccn2)cccc1[Si](c1[c-]c2c(cc1)c1ccc([Si](c3[c-]c(-c4ccccn4)ccc3)(c3ccccc3)c3ccccc3)[c-]c1n2-c1nncnn1)(c1ccccc1)c1ccccc1. The van der Waals surface area contributed by atoms with Crippen LogP contribution in [0.25, 0.3) is 50.3 Å². The molecule has 0 saturated heterocycles. The smallest absolute Gasteiger partial charge is 0.326 e. The molecule has 0 fully saturated rings. The molecule has 0 spiro atoms. The third-order valence-corrected chi connectivity index (χ3v) is 22.3. The van der Waals surface area contributed by atoms with E-state index in [9.17, 15) is 0 Å². The van der Waals surface area contributed by atoms with Gasteiger partial charge >= 0.3 is 41.5 Å². The Bertz CT molecular complexity index is 3420. The summed E-state index contributed by atoms with van der Waals surface area (Å²) in [6, 6.07) is 93.2. The fourth-order valence-electron chi connectivity index (χ4n) is 10.1. The van der Waals surface area contributed by atoms with Gasteiger partial charge in [-0.25, -0.2) is 0 Å². The van der Waals surface area contributed by atoms with Crippen LogP contribution in [0, 0.1) is 24.3 Å². The van der Waals surface area contributed by atoms with Gasteiger partial charge in [-0.3, -0.25) is 0 Å². The molecule has 11 heteroatoms. The van der Waals surface area contributed by atoms with E-state index in [1.165, 1.54) is 27.1 Å². The Kier molecular flexibility index (Phi) is 13.7. The van der Waals surface area contributed by atoms with Gasteiger partial charge in [-0.2, -0.15) is 57.5 Å². The van der Waals surface area contributed by atoms with Crippen molar-refractivity contribution in [1.82, 2.24) is 34.9 Å². The third kappa shape index (κ3) is 8.28. The molecule has 8 aromatic carbocycles. The molecule has 4 aromatic heterocycles. The number of hydrogen-bond acceptors (Lipinski definition) is 6. The molecule has 0 N–H and O–H groups in total. The van der Waals surface area contributed by atoms with E-state index in [1.807, 2.05) is 53.4 Å². The maximum Gasteiger partial charge on any atom is 2.00 e. The summed E-state index contributed by atoms with van der Waals surface area (Å²) in [5.41, 5.74) is 5.17. The van der Waals surface area contributed by atoms with E-state index >= 15 is 0 Å². The van der Waals surface area contributed by atoms with Crippen LogP contribution in [0.5, 0.6) is 0 Å². The van der Waals surface area contributed by atoms with Gasteiger partial charge in [-0.15, -0.1) is 90.4 Å². The molecule has 0 unspecified atom stereocenters. The predicted octanol–water partition coefficient (Wildman–Crippen LogP) is 6.44. The molecule has 0 saturated carbocycles. The molecule has 342 valence electrons. The van der Waals surface area contributed by atoms with Gasteiger partial charge < -0.3 is 14.5 Å². The molecular weight excluding hydrogens is 1180 g/mol. The molecule has 4 heterocycles. The van der Waals surface area contributed by atoms with Crippen LogP contribution < -0.4 is 41.5 Å². The summed E-state index contributed by atoms with van der Waals surface area (Å²) in [6.45, 7) is 0. The third-order valence-electron chi connectivity index (χ3n) is 13.1. The number of nitrogens with zero attached hydrogens (tertiary/aromatic N) is 7. The van der Waals surface area contributed by atoms with Crippen molar-refractivity contribution in [2.45, 2.75) is 0 Å². The van der Waals surface area contributed by atoms with Crippen molar-refractivity contribution in [3.8, 4) is 28.5 Å². The maximum absolute atomic E-state index is 4.74. The van der Waals surface area contributed by atoms with Crippen molar-refractivity contribution in [3.05, 3.63) is 261 Å². The minimum Gasteiger partial charge on any atom is -0.326 e.